The zero-order chi connectivity index (χ0) is 13.9. The second-order valence-corrected chi connectivity index (χ2v) is 6.95. The van der Waals surface area contributed by atoms with Gasteiger partial charge in [-0.05, 0) is 38.5 Å². The van der Waals surface area contributed by atoms with E-state index in [9.17, 15) is 0 Å². The maximum absolute atomic E-state index is 6.04. The molecule has 0 aromatic heterocycles. The van der Waals surface area contributed by atoms with Gasteiger partial charge in [0.05, 0.1) is 6.10 Å². The molecule has 2 fully saturated rings. The zero-order valence-corrected chi connectivity index (χ0v) is 13.4. The van der Waals surface area contributed by atoms with E-state index in [0.717, 1.165) is 12.5 Å². The molecule has 0 heterocycles. The molecule has 2 saturated carbocycles. The van der Waals surface area contributed by atoms with E-state index in [-0.39, 0.29) is 0 Å². The number of ether oxygens (including phenoxy) is 1. The predicted molar refractivity (Wildman–Crippen MR) is 81.4 cm³/mol. The molecule has 1 spiro atoms. The molecule has 19 heavy (non-hydrogen) atoms. The van der Waals surface area contributed by atoms with Gasteiger partial charge >= 0.3 is 0 Å². The Bertz CT molecular complexity index is 270. The van der Waals surface area contributed by atoms with E-state index >= 15 is 0 Å². The lowest BCUT2D eigenvalue weighted by Crippen LogP contribution is -2.66. The van der Waals surface area contributed by atoms with Crippen molar-refractivity contribution in [3.63, 3.8) is 0 Å². The Hall–Kier alpha value is -0.0800. The van der Waals surface area contributed by atoms with Crippen LogP contribution in [-0.4, -0.2) is 24.8 Å². The fraction of sp³-hybridized carbons (Fsp3) is 1.00. The summed E-state index contributed by atoms with van der Waals surface area (Å²) in [4.78, 5) is 0. The Balaban J connectivity index is 2.00. The minimum Gasteiger partial charge on any atom is -0.378 e. The number of rotatable bonds is 6. The number of hydrogen-bond donors (Lipinski definition) is 1. The highest BCUT2D eigenvalue weighted by Gasteiger charge is 2.55. The van der Waals surface area contributed by atoms with Crippen LogP contribution in [0.15, 0.2) is 0 Å². The lowest BCUT2D eigenvalue weighted by atomic mass is 9.55. The van der Waals surface area contributed by atoms with Gasteiger partial charge in [-0.25, -0.2) is 0 Å². The quantitative estimate of drug-likeness (QED) is 0.781. The van der Waals surface area contributed by atoms with E-state index in [0.29, 0.717) is 23.6 Å². The molecular formula is C17H33NO. The van der Waals surface area contributed by atoms with E-state index < -0.39 is 0 Å². The van der Waals surface area contributed by atoms with Gasteiger partial charge in [-0.2, -0.15) is 0 Å². The molecule has 0 bridgehead atoms. The highest BCUT2D eigenvalue weighted by Crippen LogP contribution is 2.53. The molecule has 0 aliphatic heterocycles. The monoisotopic (exact) mass is 267 g/mol. The molecule has 3 unspecified atom stereocenters. The molecule has 2 aliphatic carbocycles. The molecule has 1 N–H and O–H groups in total. The van der Waals surface area contributed by atoms with Gasteiger partial charge in [-0.3, -0.25) is 0 Å². The van der Waals surface area contributed by atoms with Gasteiger partial charge in [-0.15, -0.1) is 0 Å². The summed E-state index contributed by atoms with van der Waals surface area (Å²) in [5.74, 6) is 0.733. The maximum atomic E-state index is 6.04. The highest BCUT2D eigenvalue weighted by atomic mass is 16.5. The van der Waals surface area contributed by atoms with Gasteiger partial charge in [0.25, 0.3) is 0 Å². The SMILES string of the molecule is CCOC1CC(NC(CC)C(C)C)C12CCCCC2. The van der Waals surface area contributed by atoms with Gasteiger partial charge in [0, 0.05) is 24.1 Å². The molecule has 2 nitrogen and oxygen atoms in total. The Morgan fingerprint density at radius 3 is 2.37 bits per heavy atom. The first-order valence-electron chi connectivity index (χ1n) is 8.51. The van der Waals surface area contributed by atoms with E-state index in [1.54, 1.807) is 0 Å². The molecule has 0 aromatic rings. The molecule has 0 saturated heterocycles. The fourth-order valence-electron chi connectivity index (χ4n) is 4.34. The molecule has 3 atom stereocenters. The molecule has 0 aromatic carbocycles. The summed E-state index contributed by atoms with van der Waals surface area (Å²) in [5, 5.41) is 3.97. The van der Waals surface area contributed by atoms with Crippen LogP contribution in [0.2, 0.25) is 0 Å². The first-order chi connectivity index (χ1) is 9.14. The van der Waals surface area contributed by atoms with Gasteiger partial charge in [0.15, 0.2) is 0 Å². The van der Waals surface area contributed by atoms with Crippen molar-refractivity contribution in [3.05, 3.63) is 0 Å². The molecule has 0 radical (unpaired) electrons. The van der Waals surface area contributed by atoms with Crippen LogP contribution in [0, 0.1) is 11.3 Å². The minimum absolute atomic E-state index is 0.469. The van der Waals surface area contributed by atoms with Crippen LogP contribution in [0.4, 0.5) is 0 Å². The van der Waals surface area contributed by atoms with Crippen LogP contribution in [0.25, 0.3) is 0 Å². The van der Waals surface area contributed by atoms with Crippen molar-refractivity contribution in [2.24, 2.45) is 11.3 Å². The maximum Gasteiger partial charge on any atom is 0.0661 e. The van der Waals surface area contributed by atoms with Crippen molar-refractivity contribution in [2.75, 3.05) is 6.61 Å². The van der Waals surface area contributed by atoms with Crippen molar-refractivity contribution in [1.29, 1.82) is 0 Å². The molecule has 0 amide bonds. The van der Waals surface area contributed by atoms with Crippen molar-refractivity contribution < 1.29 is 4.74 Å². The molecule has 2 rings (SSSR count). The molecular weight excluding hydrogens is 234 g/mol. The van der Waals surface area contributed by atoms with Gasteiger partial charge < -0.3 is 10.1 Å². The first kappa shape index (κ1) is 15.3. The molecule has 2 heteroatoms. The van der Waals surface area contributed by atoms with Crippen LogP contribution in [0.3, 0.4) is 0 Å². The number of hydrogen-bond acceptors (Lipinski definition) is 2. The average molecular weight is 267 g/mol. The summed E-state index contributed by atoms with van der Waals surface area (Å²) in [7, 11) is 0. The molecule has 2 aliphatic rings. The van der Waals surface area contributed by atoms with Crippen molar-refractivity contribution >= 4 is 0 Å². The third-order valence-electron chi connectivity index (χ3n) is 5.60. The predicted octanol–water partition coefficient (Wildman–Crippen LogP) is 4.14. The topological polar surface area (TPSA) is 21.3 Å². The smallest absolute Gasteiger partial charge is 0.0661 e. The lowest BCUT2D eigenvalue weighted by molar-refractivity contribution is -0.153. The van der Waals surface area contributed by atoms with E-state index in [4.69, 9.17) is 4.74 Å². The third-order valence-corrected chi connectivity index (χ3v) is 5.60. The summed E-state index contributed by atoms with van der Waals surface area (Å²) >= 11 is 0. The Labute approximate surface area is 119 Å². The second-order valence-electron chi connectivity index (χ2n) is 6.95. The van der Waals surface area contributed by atoms with Crippen molar-refractivity contribution in [3.8, 4) is 0 Å². The summed E-state index contributed by atoms with van der Waals surface area (Å²) < 4.78 is 6.04. The third kappa shape index (κ3) is 3.00. The summed E-state index contributed by atoms with van der Waals surface area (Å²) in [6, 6.07) is 1.38. The zero-order valence-electron chi connectivity index (χ0n) is 13.4. The van der Waals surface area contributed by atoms with E-state index in [2.05, 4.69) is 33.0 Å². The van der Waals surface area contributed by atoms with Gasteiger partial charge in [0.2, 0.25) is 0 Å². The van der Waals surface area contributed by atoms with E-state index in [1.165, 1.54) is 44.9 Å². The minimum atomic E-state index is 0.469. The van der Waals surface area contributed by atoms with Crippen LogP contribution in [0.1, 0.15) is 72.6 Å². The normalized spacial score (nSPS) is 31.4. The fourth-order valence-corrected chi connectivity index (χ4v) is 4.34. The second kappa shape index (κ2) is 6.58. The van der Waals surface area contributed by atoms with Crippen molar-refractivity contribution in [1.82, 2.24) is 5.32 Å². The Morgan fingerprint density at radius 2 is 1.84 bits per heavy atom. The summed E-state index contributed by atoms with van der Waals surface area (Å²) in [6.07, 6.45) is 9.99. The van der Waals surface area contributed by atoms with Crippen LogP contribution >= 0.6 is 0 Å². The number of nitrogens with one attached hydrogen (secondary N) is 1. The Morgan fingerprint density at radius 1 is 1.16 bits per heavy atom. The van der Waals surface area contributed by atoms with Gasteiger partial charge in [-0.1, -0.05) is 40.0 Å². The average Bonchev–Trinajstić information content (AvgIpc) is 2.42. The molecule has 112 valence electrons. The summed E-state index contributed by atoms with van der Waals surface area (Å²) in [6.45, 7) is 10.0. The summed E-state index contributed by atoms with van der Waals surface area (Å²) in [5.41, 5.74) is 0.469. The van der Waals surface area contributed by atoms with Gasteiger partial charge in [0.1, 0.15) is 0 Å². The first-order valence-corrected chi connectivity index (χ1v) is 8.51. The highest BCUT2D eigenvalue weighted by molar-refractivity contribution is 5.09. The van der Waals surface area contributed by atoms with Crippen LogP contribution in [-0.2, 0) is 4.74 Å². The standard InChI is InChI=1S/C17H33NO/c1-5-14(13(3)4)18-15-12-16(19-6-2)17(15)10-8-7-9-11-17/h13-16,18H,5-12H2,1-4H3. The largest absolute Gasteiger partial charge is 0.378 e. The Kier molecular flexibility index (Phi) is 5.30. The lowest BCUT2D eigenvalue weighted by Gasteiger charge is -2.59. The van der Waals surface area contributed by atoms with Crippen LogP contribution in [0.5, 0.6) is 0 Å². The van der Waals surface area contributed by atoms with E-state index in [1.807, 2.05) is 0 Å². The van der Waals surface area contributed by atoms with Crippen LogP contribution < -0.4 is 5.32 Å². The van der Waals surface area contributed by atoms with Crippen molar-refractivity contribution in [2.45, 2.75) is 90.8 Å².